The standard InChI is InChI=1S/C15H13BrN2OS/c1-10(19)14-4-3-11(7-17)5-15(14)18(2)8-13-6-12(16)9-20-13/h3-6,9H,8H2,1-2H3. The van der Waals surface area contributed by atoms with Crippen molar-refractivity contribution in [3.05, 3.63) is 50.1 Å². The predicted molar refractivity (Wildman–Crippen MR) is 85.3 cm³/mol. The van der Waals surface area contributed by atoms with Crippen LogP contribution in [0.2, 0.25) is 0 Å². The minimum absolute atomic E-state index is 0.00343. The van der Waals surface area contributed by atoms with Crippen molar-refractivity contribution in [2.24, 2.45) is 0 Å². The molecule has 3 nitrogen and oxygen atoms in total. The molecule has 0 unspecified atom stereocenters. The first-order valence-electron chi connectivity index (χ1n) is 6.00. The highest BCUT2D eigenvalue weighted by Crippen LogP contribution is 2.26. The lowest BCUT2D eigenvalue weighted by Crippen LogP contribution is -2.18. The first-order valence-corrected chi connectivity index (χ1v) is 7.67. The van der Waals surface area contributed by atoms with Gasteiger partial charge in [-0.15, -0.1) is 11.3 Å². The van der Waals surface area contributed by atoms with Gasteiger partial charge in [-0.25, -0.2) is 0 Å². The lowest BCUT2D eigenvalue weighted by molar-refractivity contribution is 0.101. The molecule has 0 aliphatic rings. The van der Waals surface area contributed by atoms with Gasteiger partial charge in [-0.1, -0.05) is 0 Å². The molecule has 2 rings (SSSR count). The van der Waals surface area contributed by atoms with Gasteiger partial charge in [0.2, 0.25) is 0 Å². The molecule has 20 heavy (non-hydrogen) atoms. The Morgan fingerprint density at radius 3 is 2.75 bits per heavy atom. The van der Waals surface area contributed by atoms with Gasteiger partial charge >= 0.3 is 0 Å². The number of hydrogen-bond donors (Lipinski definition) is 0. The van der Waals surface area contributed by atoms with E-state index in [-0.39, 0.29) is 5.78 Å². The van der Waals surface area contributed by atoms with Crippen LogP contribution >= 0.6 is 27.3 Å². The van der Waals surface area contributed by atoms with Gasteiger partial charge in [0.25, 0.3) is 0 Å². The Hall–Kier alpha value is -1.64. The summed E-state index contributed by atoms with van der Waals surface area (Å²) in [6, 6.07) is 9.33. The van der Waals surface area contributed by atoms with E-state index in [0.717, 1.165) is 10.2 Å². The van der Waals surface area contributed by atoms with E-state index in [9.17, 15) is 4.79 Å². The van der Waals surface area contributed by atoms with Crippen molar-refractivity contribution >= 4 is 38.7 Å². The third-order valence-corrected chi connectivity index (χ3v) is 4.61. The molecule has 2 aromatic rings. The fourth-order valence-electron chi connectivity index (χ4n) is 1.97. The Morgan fingerprint density at radius 2 is 2.20 bits per heavy atom. The Kier molecular flexibility index (Phi) is 4.58. The molecule has 102 valence electrons. The summed E-state index contributed by atoms with van der Waals surface area (Å²) >= 11 is 5.09. The summed E-state index contributed by atoms with van der Waals surface area (Å²) in [4.78, 5) is 14.9. The number of hydrogen-bond acceptors (Lipinski definition) is 4. The summed E-state index contributed by atoms with van der Waals surface area (Å²) in [6.07, 6.45) is 0. The molecular formula is C15H13BrN2OS. The monoisotopic (exact) mass is 348 g/mol. The molecule has 0 saturated heterocycles. The Bertz CT molecular complexity index is 687. The molecule has 0 bridgehead atoms. The highest BCUT2D eigenvalue weighted by Gasteiger charge is 2.13. The number of Topliss-reactive ketones (excluding diaryl/α,β-unsaturated/α-hetero) is 1. The molecule has 0 amide bonds. The minimum Gasteiger partial charge on any atom is -0.369 e. The Labute approximate surface area is 130 Å². The number of anilines is 1. The van der Waals surface area contributed by atoms with Crippen LogP contribution in [0, 0.1) is 11.3 Å². The van der Waals surface area contributed by atoms with Crippen LogP contribution in [0.3, 0.4) is 0 Å². The molecule has 0 radical (unpaired) electrons. The van der Waals surface area contributed by atoms with E-state index in [1.54, 1.807) is 36.5 Å². The number of halogens is 1. The van der Waals surface area contributed by atoms with Gasteiger partial charge in [0, 0.05) is 33.0 Å². The third-order valence-electron chi connectivity index (χ3n) is 2.93. The zero-order chi connectivity index (χ0) is 14.7. The summed E-state index contributed by atoms with van der Waals surface area (Å²) in [5.41, 5.74) is 1.99. The number of rotatable bonds is 4. The summed E-state index contributed by atoms with van der Waals surface area (Å²) in [7, 11) is 1.93. The zero-order valence-electron chi connectivity index (χ0n) is 11.2. The van der Waals surface area contributed by atoms with Crippen LogP contribution in [0.15, 0.2) is 34.1 Å². The molecule has 0 saturated carbocycles. The molecule has 0 fully saturated rings. The molecular weight excluding hydrogens is 336 g/mol. The maximum Gasteiger partial charge on any atom is 0.161 e. The van der Waals surface area contributed by atoms with Gasteiger partial charge in [-0.2, -0.15) is 5.26 Å². The van der Waals surface area contributed by atoms with Gasteiger partial charge in [0.15, 0.2) is 5.78 Å². The minimum atomic E-state index is 0.00343. The first kappa shape index (κ1) is 14.8. The van der Waals surface area contributed by atoms with E-state index in [4.69, 9.17) is 5.26 Å². The molecule has 0 atom stereocenters. The third kappa shape index (κ3) is 3.27. The smallest absolute Gasteiger partial charge is 0.161 e. The van der Waals surface area contributed by atoms with Gasteiger partial charge < -0.3 is 4.90 Å². The van der Waals surface area contributed by atoms with Gasteiger partial charge in [0.05, 0.1) is 18.2 Å². The summed E-state index contributed by atoms with van der Waals surface area (Å²) in [5, 5.41) is 11.0. The maximum atomic E-state index is 11.7. The Balaban J connectivity index is 2.34. The largest absolute Gasteiger partial charge is 0.369 e. The van der Waals surface area contributed by atoms with Crippen molar-refractivity contribution in [3.8, 4) is 6.07 Å². The van der Waals surface area contributed by atoms with E-state index >= 15 is 0 Å². The summed E-state index contributed by atoms with van der Waals surface area (Å²) < 4.78 is 1.06. The molecule has 0 N–H and O–H groups in total. The molecule has 5 heteroatoms. The van der Waals surface area contributed by atoms with Crippen LogP contribution in [0.25, 0.3) is 0 Å². The molecule has 1 aromatic carbocycles. The van der Waals surface area contributed by atoms with Crippen molar-refractivity contribution in [2.75, 3.05) is 11.9 Å². The highest BCUT2D eigenvalue weighted by molar-refractivity contribution is 9.10. The first-order chi connectivity index (χ1) is 9.51. The van der Waals surface area contributed by atoms with Crippen molar-refractivity contribution < 1.29 is 4.79 Å². The number of ketones is 1. The van der Waals surface area contributed by atoms with Crippen LogP contribution in [-0.4, -0.2) is 12.8 Å². The van der Waals surface area contributed by atoms with Crippen molar-refractivity contribution in [1.29, 1.82) is 5.26 Å². The number of carbonyl (C=O) groups excluding carboxylic acids is 1. The van der Waals surface area contributed by atoms with Crippen LogP contribution < -0.4 is 4.90 Å². The number of nitrogens with zero attached hydrogens (tertiary/aromatic N) is 2. The molecule has 0 aliphatic carbocycles. The van der Waals surface area contributed by atoms with E-state index in [1.807, 2.05) is 17.3 Å². The average molecular weight is 349 g/mol. The second kappa shape index (κ2) is 6.21. The van der Waals surface area contributed by atoms with Gasteiger partial charge in [-0.05, 0) is 47.1 Å². The molecule has 0 spiro atoms. The fraction of sp³-hybridized carbons (Fsp3) is 0.200. The maximum absolute atomic E-state index is 11.7. The lowest BCUT2D eigenvalue weighted by atomic mass is 10.1. The van der Waals surface area contributed by atoms with Gasteiger partial charge in [0.1, 0.15) is 0 Å². The number of benzene rings is 1. The second-order valence-electron chi connectivity index (χ2n) is 4.49. The number of thiophene rings is 1. The van der Waals surface area contributed by atoms with Crippen LogP contribution in [-0.2, 0) is 6.54 Å². The molecule has 1 aromatic heterocycles. The Morgan fingerprint density at radius 1 is 1.45 bits per heavy atom. The zero-order valence-corrected chi connectivity index (χ0v) is 13.6. The summed E-state index contributed by atoms with van der Waals surface area (Å²) in [6.45, 7) is 2.24. The highest BCUT2D eigenvalue weighted by atomic mass is 79.9. The predicted octanol–water partition coefficient (Wildman–Crippen LogP) is 4.22. The second-order valence-corrected chi connectivity index (χ2v) is 6.40. The van der Waals surface area contributed by atoms with Crippen LogP contribution in [0.1, 0.15) is 27.7 Å². The van der Waals surface area contributed by atoms with E-state index in [1.165, 1.54) is 4.88 Å². The normalized spacial score (nSPS) is 10.1. The van der Waals surface area contributed by atoms with E-state index < -0.39 is 0 Å². The van der Waals surface area contributed by atoms with Crippen molar-refractivity contribution in [1.82, 2.24) is 0 Å². The van der Waals surface area contributed by atoms with E-state index in [2.05, 4.69) is 28.1 Å². The van der Waals surface area contributed by atoms with Crippen LogP contribution in [0.5, 0.6) is 0 Å². The number of carbonyl (C=O) groups is 1. The topological polar surface area (TPSA) is 44.1 Å². The SMILES string of the molecule is CC(=O)c1ccc(C#N)cc1N(C)Cc1cc(Br)cs1. The average Bonchev–Trinajstić information content (AvgIpc) is 2.83. The number of nitriles is 1. The fourth-order valence-corrected chi connectivity index (χ4v) is 3.47. The van der Waals surface area contributed by atoms with Crippen LogP contribution in [0.4, 0.5) is 5.69 Å². The molecule has 0 aliphatic heterocycles. The lowest BCUT2D eigenvalue weighted by Gasteiger charge is -2.21. The van der Waals surface area contributed by atoms with Crippen molar-refractivity contribution in [3.63, 3.8) is 0 Å². The van der Waals surface area contributed by atoms with E-state index in [0.29, 0.717) is 17.7 Å². The summed E-state index contributed by atoms with van der Waals surface area (Å²) in [5.74, 6) is 0.00343. The van der Waals surface area contributed by atoms with Crippen molar-refractivity contribution in [2.45, 2.75) is 13.5 Å². The molecule has 1 heterocycles. The quantitative estimate of drug-likeness (QED) is 0.777. The van der Waals surface area contributed by atoms with Gasteiger partial charge in [-0.3, -0.25) is 4.79 Å².